The van der Waals surface area contributed by atoms with Gasteiger partial charge in [-0.1, -0.05) is 29.2 Å². The van der Waals surface area contributed by atoms with Crippen LogP contribution in [0.2, 0.25) is 0 Å². The highest BCUT2D eigenvalue weighted by molar-refractivity contribution is 8.24. The van der Waals surface area contributed by atoms with Gasteiger partial charge >= 0.3 is 0 Å². The van der Waals surface area contributed by atoms with E-state index in [2.05, 4.69) is 10.8 Å². The molecule has 20 heavy (non-hydrogen) atoms. The average molecular weight is 289 g/mol. The number of benzene rings is 2. The molecule has 1 unspecified atom stereocenters. The lowest BCUT2D eigenvalue weighted by Crippen LogP contribution is -2.29. The molecule has 0 aromatic heterocycles. The Morgan fingerprint density at radius 2 is 2.15 bits per heavy atom. The highest BCUT2D eigenvalue weighted by atomic mass is 32.3. The molecule has 5 nitrogen and oxygen atoms in total. The molecule has 1 aliphatic rings. The smallest absolute Gasteiger partial charge is 0.0998 e. The van der Waals surface area contributed by atoms with Crippen molar-refractivity contribution in [2.45, 2.75) is 13.0 Å². The van der Waals surface area contributed by atoms with Gasteiger partial charge in [0.25, 0.3) is 0 Å². The van der Waals surface area contributed by atoms with Gasteiger partial charge in [-0.15, -0.1) is 0 Å². The van der Waals surface area contributed by atoms with Gasteiger partial charge in [-0.05, 0) is 35.9 Å². The molecular formula is C14H15N3O2S. The van der Waals surface area contributed by atoms with Crippen molar-refractivity contribution >= 4 is 27.4 Å². The SMILES string of the molecule is CC1CNS(O)(O)N1c1ccc2c(C#N)cccc2c1. The average Bonchev–Trinajstić information content (AvgIpc) is 2.71. The molecule has 1 fully saturated rings. The van der Waals surface area contributed by atoms with Crippen molar-refractivity contribution in [3.05, 3.63) is 42.0 Å². The lowest BCUT2D eigenvalue weighted by Gasteiger charge is -2.39. The Bertz CT molecular complexity index is 711. The van der Waals surface area contributed by atoms with Gasteiger partial charge in [-0.25, -0.2) is 0 Å². The number of hydrogen-bond acceptors (Lipinski definition) is 5. The predicted octanol–water partition coefficient (Wildman–Crippen LogP) is 3.09. The maximum Gasteiger partial charge on any atom is 0.0998 e. The maximum absolute atomic E-state index is 10.1. The molecule has 3 rings (SSSR count). The number of nitriles is 1. The Kier molecular flexibility index (Phi) is 3.07. The van der Waals surface area contributed by atoms with Crippen LogP contribution in [0.15, 0.2) is 36.4 Å². The lowest BCUT2D eigenvalue weighted by atomic mass is 10.0. The van der Waals surface area contributed by atoms with Crippen LogP contribution in [0.5, 0.6) is 0 Å². The van der Waals surface area contributed by atoms with Crippen LogP contribution in [0.25, 0.3) is 10.8 Å². The van der Waals surface area contributed by atoms with Crippen molar-refractivity contribution in [2.24, 2.45) is 0 Å². The third kappa shape index (κ3) is 2.01. The van der Waals surface area contributed by atoms with E-state index in [0.717, 1.165) is 16.5 Å². The largest absolute Gasteiger partial charge is 0.269 e. The Morgan fingerprint density at radius 3 is 2.80 bits per heavy atom. The van der Waals surface area contributed by atoms with Crippen molar-refractivity contribution in [1.29, 1.82) is 5.26 Å². The van der Waals surface area contributed by atoms with E-state index in [1.165, 1.54) is 0 Å². The first-order chi connectivity index (χ1) is 9.53. The van der Waals surface area contributed by atoms with Gasteiger partial charge in [0, 0.05) is 6.54 Å². The third-order valence-corrected chi connectivity index (χ3v) is 5.16. The van der Waals surface area contributed by atoms with Crippen LogP contribution < -0.4 is 9.03 Å². The van der Waals surface area contributed by atoms with Gasteiger partial charge < -0.3 is 0 Å². The second kappa shape index (κ2) is 4.65. The molecule has 104 valence electrons. The highest BCUT2D eigenvalue weighted by Gasteiger charge is 2.34. The molecule has 0 spiro atoms. The molecule has 0 radical (unpaired) electrons. The van der Waals surface area contributed by atoms with E-state index in [1.54, 1.807) is 10.4 Å². The first-order valence-corrected chi connectivity index (χ1v) is 7.78. The van der Waals surface area contributed by atoms with Crippen LogP contribution in [0.3, 0.4) is 0 Å². The van der Waals surface area contributed by atoms with Gasteiger partial charge in [0.1, 0.15) is 0 Å². The first kappa shape index (κ1) is 13.2. The van der Waals surface area contributed by atoms with E-state index in [4.69, 9.17) is 5.26 Å². The van der Waals surface area contributed by atoms with Crippen LogP contribution in [0.4, 0.5) is 5.69 Å². The van der Waals surface area contributed by atoms with Crippen LogP contribution in [-0.2, 0) is 0 Å². The predicted molar refractivity (Wildman–Crippen MR) is 81.5 cm³/mol. The minimum atomic E-state index is -2.96. The summed E-state index contributed by atoms with van der Waals surface area (Å²) in [6.07, 6.45) is 0. The highest BCUT2D eigenvalue weighted by Crippen LogP contribution is 2.48. The number of fused-ring (bicyclic) bond motifs is 1. The van der Waals surface area contributed by atoms with Crippen molar-refractivity contribution in [2.75, 3.05) is 10.8 Å². The van der Waals surface area contributed by atoms with Crippen molar-refractivity contribution in [1.82, 2.24) is 4.72 Å². The molecule has 1 saturated heterocycles. The first-order valence-electron chi connectivity index (χ1n) is 6.28. The fourth-order valence-electron chi connectivity index (χ4n) is 2.54. The summed E-state index contributed by atoms with van der Waals surface area (Å²) in [7, 11) is -2.96. The quantitative estimate of drug-likeness (QED) is 0.751. The second-order valence-corrected chi connectivity index (χ2v) is 6.58. The molecule has 0 amide bonds. The van der Waals surface area contributed by atoms with Gasteiger partial charge in [0.2, 0.25) is 0 Å². The molecule has 0 aliphatic carbocycles. The zero-order valence-corrected chi connectivity index (χ0v) is 11.8. The normalized spacial score (nSPS) is 22.7. The molecule has 2 aromatic carbocycles. The minimum Gasteiger partial charge on any atom is -0.269 e. The molecular weight excluding hydrogens is 274 g/mol. The fraction of sp³-hybridized carbons (Fsp3) is 0.214. The molecule has 0 bridgehead atoms. The van der Waals surface area contributed by atoms with Crippen molar-refractivity contribution in [3.8, 4) is 6.07 Å². The number of nitrogens with zero attached hydrogens (tertiary/aromatic N) is 2. The van der Waals surface area contributed by atoms with E-state index in [0.29, 0.717) is 12.1 Å². The van der Waals surface area contributed by atoms with Crippen molar-refractivity contribution < 1.29 is 9.11 Å². The summed E-state index contributed by atoms with van der Waals surface area (Å²) < 4.78 is 24.4. The molecule has 0 saturated carbocycles. The van der Waals surface area contributed by atoms with E-state index in [-0.39, 0.29) is 6.04 Å². The zero-order valence-electron chi connectivity index (χ0n) is 10.9. The fourth-order valence-corrected chi connectivity index (χ4v) is 4.13. The standard InChI is InChI=1S/C14H15N3O2S/c1-10-9-16-20(18,19)17(10)13-5-6-14-11(7-13)3-2-4-12(14)8-15/h2-7,10,16,18-19H,9H2,1H3. The van der Waals surface area contributed by atoms with Gasteiger partial charge in [-0.2, -0.15) is 9.98 Å². The number of rotatable bonds is 1. The molecule has 1 atom stereocenters. The summed E-state index contributed by atoms with van der Waals surface area (Å²) in [5.74, 6) is 0. The number of nitrogens with one attached hydrogen (secondary N) is 1. The van der Waals surface area contributed by atoms with Crippen LogP contribution >= 0.6 is 11.0 Å². The Labute approximate surface area is 119 Å². The lowest BCUT2D eigenvalue weighted by molar-refractivity contribution is 0.480. The van der Waals surface area contributed by atoms with E-state index < -0.39 is 11.0 Å². The van der Waals surface area contributed by atoms with Crippen LogP contribution in [0.1, 0.15) is 12.5 Å². The minimum absolute atomic E-state index is 0.00315. The maximum atomic E-state index is 10.1. The van der Waals surface area contributed by atoms with E-state index >= 15 is 0 Å². The third-order valence-electron chi connectivity index (χ3n) is 3.49. The summed E-state index contributed by atoms with van der Waals surface area (Å²) in [5, 5.41) is 10.9. The summed E-state index contributed by atoms with van der Waals surface area (Å²) >= 11 is 0. The van der Waals surface area contributed by atoms with Crippen LogP contribution in [-0.4, -0.2) is 21.7 Å². The molecule has 2 aromatic rings. The molecule has 6 heteroatoms. The van der Waals surface area contributed by atoms with Crippen molar-refractivity contribution in [3.63, 3.8) is 0 Å². The van der Waals surface area contributed by atoms with E-state index in [1.807, 2.05) is 37.3 Å². The monoisotopic (exact) mass is 289 g/mol. The topological polar surface area (TPSA) is 79.5 Å². The number of hydrogen-bond donors (Lipinski definition) is 3. The Balaban J connectivity index is 2.13. The Morgan fingerprint density at radius 1 is 1.35 bits per heavy atom. The van der Waals surface area contributed by atoms with Gasteiger partial charge in [0.05, 0.1) is 23.4 Å². The second-order valence-electron chi connectivity index (χ2n) is 4.86. The molecule has 3 N–H and O–H groups in total. The Hall–Kier alpha value is -1.78. The summed E-state index contributed by atoms with van der Waals surface area (Å²) in [4.78, 5) is 0. The summed E-state index contributed by atoms with van der Waals surface area (Å²) in [6, 6.07) is 13.2. The van der Waals surface area contributed by atoms with Gasteiger partial charge in [0.15, 0.2) is 0 Å². The zero-order chi connectivity index (χ0) is 14.3. The molecule has 1 aliphatic heterocycles. The van der Waals surface area contributed by atoms with E-state index in [9.17, 15) is 9.11 Å². The number of anilines is 1. The van der Waals surface area contributed by atoms with Gasteiger partial charge in [-0.3, -0.25) is 13.4 Å². The summed E-state index contributed by atoms with van der Waals surface area (Å²) in [6.45, 7) is 2.46. The summed E-state index contributed by atoms with van der Waals surface area (Å²) in [5.41, 5.74) is 1.36. The molecule has 1 heterocycles. The van der Waals surface area contributed by atoms with Crippen LogP contribution in [0, 0.1) is 11.3 Å².